The number of nitrogens with zero attached hydrogens (tertiary/aromatic N) is 1. The van der Waals surface area contributed by atoms with Crippen LogP contribution in [0.4, 0.5) is 5.69 Å². The van der Waals surface area contributed by atoms with Crippen molar-refractivity contribution >= 4 is 22.5 Å². The summed E-state index contributed by atoms with van der Waals surface area (Å²) < 4.78 is 5.61. The quantitative estimate of drug-likeness (QED) is 0.661. The van der Waals surface area contributed by atoms with Gasteiger partial charge >= 0.3 is 0 Å². The molecule has 0 unspecified atom stereocenters. The molecule has 0 aromatic heterocycles. The summed E-state index contributed by atoms with van der Waals surface area (Å²) in [5, 5.41) is 12.5. The molecule has 1 heterocycles. The number of hydrogen-bond acceptors (Lipinski definition) is 3. The second-order valence-corrected chi connectivity index (χ2v) is 7.03. The molecule has 3 nitrogen and oxygen atoms in total. The van der Waals surface area contributed by atoms with Crippen molar-refractivity contribution in [3.05, 3.63) is 71.8 Å². The number of ether oxygens (including phenoxy) is 1. The van der Waals surface area contributed by atoms with E-state index in [1.54, 1.807) is 7.11 Å². The van der Waals surface area contributed by atoms with Crippen LogP contribution < -0.4 is 9.64 Å². The van der Waals surface area contributed by atoms with Crippen LogP contribution in [-0.2, 0) is 6.42 Å². The number of fused-ring (bicyclic) bond motifs is 1. The maximum Gasteiger partial charge on any atom is 0.142 e. The molecule has 3 aromatic carbocycles. The van der Waals surface area contributed by atoms with E-state index in [1.807, 2.05) is 30.3 Å². The van der Waals surface area contributed by atoms with Gasteiger partial charge in [-0.15, -0.1) is 0 Å². The first-order valence-corrected chi connectivity index (χ1v) is 9.55. The van der Waals surface area contributed by atoms with Gasteiger partial charge in [-0.2, -0.15) is 0 Å². The molecule has 0 saturated carbocycles. The van der Waals surface area contributed by atoms with Crippen LogP contribution >= 0.6 is 0 Å². The molecule has 0 aliphatic carbocycles. The van der Waals surface area contributed by atoms with Gasteiger partial charge in [-0.25, -0.2) is 0 Å². The lowest BCUT2D eigenvalue weighted by Crippen LogP contribution is -2.18. The molecule has 1 aliphatic heterocycles. The number of benzene rings is 3. The maximum absolute atomic E-state index is 10.5. The van der Waals surface area contributed by atoms with Crippen molar-refractivity contribution in [1.29, 1.82) is 0 Å². The van der Waals surface area contributed by atoms with E-state index < -0.39 is 0 Å². The van der Waals surface area contributed by atoms with Crippen LogP contribution in [0, 0.1) is 0 Å². The van der Waals surface area contributed by atoms with Gasteiger partial charge in [0.2, 0.25) is 0 Å². The summed E-state index contributed by atoms with van der Waals surface area (Å²) in [5.74, 6) is 1.30. The summed E-state index contributed by atoms with van der Waals surface area (Å²) in [6.45, 7) is 2.21. The van der Waals surface area contributed by atoms with Crippen LogP contribution in [0.2, 0.25) is 0 Å². The van der Waals surface area contributed by atoms with Gasteiger partial charge in [0.25, 0.3) is 0 Å². The van der Waals surface area contributed by atoms with Crippen LogP contribution in [0.5, 0.6) is 11.5 Å². The average molecular weight is 359 g/mol. The number of rotatable bonds is 5. The Bertz CT molecular complexity index is 971. The van der Waals surface area contributed by atoms with E-state index in [9.17, 15) is 5.11 Å². The zero-order valence-electron chi connectivity index (χ0n) is 15.7. The molecule has 1 saturated heterocycles. The van der Waals surface area contributed by atoms with Crippen molar-refractivity contribution in [2.24, 2.45) is 0 Å². The molecule has 1 aliphatic rings. The van der Waals surface area contributed by atoms with Crippen molar-refractivity contribution in [3.63, 3.8) is 0 Å². The lowest BCUT2D eigenvalue weighted by Gasteiger charge is -2.20. The Kier molecular flexibility index (Phi) is 5.01. The highest BCUT2D eigenvalue weighted by atomic mass is 16.5. The average Bonchev–Trinajstić information content (AvgIpc) is 3.24. The molecular weight excluding hydrogens is 334 g/mol. The first-order chi connectivity index (χ1) is 13.3. The molecule has 0 amide bonds. The first kappa shape index (κ1) is 17.5. The fourth-order valence-electron chi connectivity index (χ4n) is 3.80. The van der Waals surface area contributed by atoms with Gasteiger partial charge < -0.3 is 14.7 Å². The van der Waals surface area contributed by atoms with Crippen LogP contribution in [0.25, 0.3) is 16.8 Å². The normalized spacial score (nSPS) is 14.3. The molecule has 0 radical (unpaired) electrons. The predicted octanol–water partition coefficient (Wildman–Crippen LogP) is 5.41. The minimum Gasteiger partial charge on any atom is -0.507 e. The third-order valence-corrected chi connectivity index (χ3v) is 5.28. The Labute approximate surface area is 160 Å². The van der Waals surface area contributed by atoms with E-state index in [-0.39, 0.29) is 0 Å². The van der Waals surface area contributed by atoms with E-state index in [1.165, 1.54) is 18.5 Å². The zero-order chi connectivity index (χ0) is 18.6. The second kappa shape index (κ2) is 7.75. The molecule has 1 fully saturated rings. The first-order valence-electron chi connectivity index (χ1n) is 9.55. The van der Waals surface area contributed by atoms with Crippen molar-refractivity contribution < 1.29 is 9.84 Å². The van der Waals surface area contributed by atoms with Crippen molar-refractivity contribution in [2.75, 3.05) is 25.1 Å². The predicted molar refractivity (Wildman–Crippen MR) is 113 cm³/mol. The van der Waals surface area contributed by atoms with E-state index >= 15 is 0 Å². The van der Waals surface area contributed by atoms with Gasteiger partial charge in [0.05, 0.1) is 12.8 Å². The molecule has 0 atom stereocenters. The molecule has 0 spiro atoms. The highest BCUT2D eigenvalue weighted by molar-refractivity contribution is 5.89. The van der Waals surface area contributed by atoms with Crippen LogP contribution in [-0.4, -0.2) is 25.3 Å². The van der Waals surface area contributed by atoms with E-state index in [2.05, 4.69) is 41.3 Å². The Morgan fingerprint density at radius 1 is 1.04 bits per heavy atom. The second-order valence-electron chi connectivity index (χ2n) is 7.03. The highest BCUT2D eigenvalue weighted by Gasteiger charge is 2.16. The van der Waals surface area contributed by atoms with E-state index in [0.29, 0.717) is 12.2 Å². The number of methoxy groups -OCH3 is 1. The third kappa shape index (κ3) is 3.63. The molecule has 4 rings (SSSR count). The third-order valence-electron chi connectivity index (χ3n) is 5.28. The van der Waals surface area contributed by atoms with Gasteiger partial charge in [-0.1, -0.05) is 54.6 Å². The Balaban J connectivity index is 1.52. The Hall–Kier alpha value is -2.94. The number of aromatic hydroxyl groups is 1. The van der Waals surface area contributed by atoms with Gasteiger partial charge in [0.15, 0.2) is 0 Å². The summed E-state index contributed by atoms with van der Waals surface area (Å²) in [4.78, 5) is 2.39. The Morgan fingerprint density at radius 2 is 1.85 bits per heavy atom. The summed E-state index contributed by atoms with van der Waals surface area (Å²) in [7, 11) is 1.73. The van der Waals surface area contributed by atoms with Gasteiger partial charge in [0.1, 0.15) is 11.5 Å². The van der Waals surface area contributed by atoms with Crippen LogP contribution in [0.1, 0.15) is 24.0 Å². The van der Waals surface area contributed by atoms with Gasteiger partial charge in [-0.3, -0.25) is 0 Å². The molecule has 3 aromatic rings. The topological polar surface area (TPSA) is 32.7 Å². The molecule has 0 bridgehead atoms. The van der Waals surface area contributed by atoms with Crippen molar-refractivity contribution in [2.45, 2.75) is 19.3 Å². The minimum atomic E-state index is 0.375. The lowest BCUT2D eigenvalue weighted by atomic mass is 10.0. The Morgan fingerprint density at radius 3 is 2.67 bits per heavy atom. The highest BCUT2D eigenvalue weighted by Crippen LogP contribution is 2.32. The van der Waals surface area contributed by atoms with Crippen LogP contribution in [0.3, 0.4) is 0 Å². The fraction of sp³-hybridized carbons (Fsp3) is 0.250. The van der Waals surface area contributed by atoms with E-state index in [0.717, 1.165) is 40.7 Å². The lowest BCUT2D eigenvalue weighted by molar-refractivity contribution is 0.415. The maximum atomic E-state index is 10.5. The number of phenolic OH excluding ortho intramolecular Hbond substituents is 1. The smallest absolute Gasteiger partial charge is 0.142 e. The number of phenols is 1. The fourth-order valence-corrected chi connectivity index (χ4v) is 3.80. The monoisotopic (exact) mass is 359 g/mol. The van der Waals surface area contributed by atoms with Crippen molar-refractivity contribution in [1.82, 2.24) is 0 Å². The standard InChI is InChI=1S/C24H25NO2/c1-27-23-17-18(11-14-22(23)25-15-4-5-16-25)7-6-9-20-13-12-19-8-2-3-10-21(19)24(20)26/h2-3,6-8,10-14,17,26H,4-5,9,15-16H2,1H3/b7-6+. The molecule has 138 valence electrons. The molecule has 27 heavy (non-hydrogen) atoms. The van der Waals surface area contributed by atoms with Crippen molar-refractivity contribution in [3.8, 4) is 11.5 Å². The number of hydrogen-bond donors (Lipinski definition) is 1. The van der Waals surface area contributed by atoms with Gasteiger partial charge in [-0.05, 0) is 47.9 Å². The summed E-state index contributed by atoms with van der Waals surface area (Å²) in [5.41, 5.74) is 3.22. The molecule has 1 N–H and O–H groups in total. The SMILES string of the molecule is COc1cc(/C=C/Cc2ccc3ccccc3c2O)ccc1N1CCCC1. The largest absolute Gasteiger partial charge is 0.507 e. The zero-order valence-corrected chi connectivity index (χ0v) is 15.7. The minimum absolute atomic E-state index is 0.375. The van der Waals surface area contributed by atoms with E-state index in [4.69, 9.17) is 4.74 Å². The number of anilines is 1. The summed E-state index contributed by atoms with van der Waals surface area (Å²) in [6.07, 6.45) is 7.37. The summed E-state index contributed by atoms with van der Waals surface area (Å²) >= 11 is 0. The molecular formula is C24H25NO2. The molecule has 3 heteroatoms. The summed E-state index contributed by atoms with van der Waals surface area (Å²) in [6, 6.07) is 18.3. The van der Waals surface area contributed by atoms with Crippen LogP contribution in [0.15, 0.2) is 60.7 Å². The number of allylic oxidation sites excluding steroid dienone is 1. The van der Waals surface area contributed by atoms with Gasteiger partial charge in [0, 0.05) is 18.5 Å².